The number of thiophene rings is 1. The zero-order valence-electron chi connectivity index (χ0n) is 9.78. The zero-order valence-corrected chi connectivity index (χ0v) is 10.6. The summed E-state index contributed by atoms with van der Waals surface area (Å²) in [6.07, 6.45) is 6.59. The number of aryl methyl sites for hydroxylation is 1. The van der Waals surface area contributed by atoms with Gasteiger partial charge >= 0.3 is 0 Å². The lowest BCUT2D eigenvalue weighted by Crippen LogP contribution is -2.23. The van der Waals surface area contributed by atoms with Gasteiger partial charge in [0, 0.05) is 24.0 Å². The molecule has 0 saturated heterocycles. The number of nitrogens with two attached hydrogens (primary N) is 1. The largest absolute Gasteiger partial charge is 0.324 e. The van der Waals surface area contributed by atoms with Crippen molar-refractivity contribution in [3.05, 3.63) is 34.0 Å². The molecule has 0 aromatic carbocycles. The van der Waals surface area contributed by atoms with Crippen molar-refractivity contribution in [2.75, 3.05) is 6.54 Å². The van der Waals surface area contributed by atoms with E-state index in [4.69, 9.17) is 5.73 Å². The van der Waals surface area contributed by atoms with E-state index in [9.17, 15) is 0 Å². The highest BCUT2D eigenvalue weighted by Gasteiger charge is 2.14. The van der Waals surface area contributed by atoms with Crippen LogP contribution in [0.2, 0.25) is 0 Å². The van der Waals surface area contributed by atoms with Gasteiger partial charge in [0.1, 0.15) is 0 Å². The van der Waals surface area contributed by atoms with Crippen molar-refractivity contribution in [2.24, 2.45) is 11.7 Å². The Labute approximate surface area is 102 Å². The van der Waals surface area contributed by atoms with E-state index in [2.05, 4.69) is 35.8 Å². The summed E-state index contributed by atoms with van der Waals surface area (Å²) in [4.78, 5) is 1.48. The predicted octanol–water partition coefficient (Wildman–Crippen LogP) is 2.30. The van der Waals surface area contributed by atoms with Crippen molar-refractivity contribution in [1.29, 1.82) is 0 Å². The molecule has 0 radical (unpaired) electrons. The summed E-state index contributed by atoms with van der Waals surface area (Å²) in [5.41, 5.74) is 7.31. The number of rotatable bonds is 5. The van der Waals surface area contributed by atoms with Gasteiger partial charge in [0.15, 0.2) is 0 Å². The van der Waals surface area contributed by atoms with Crippen molar-refractivity contribution in [3.63, 3.8) is 0 Å². The van der Waals surface area contributed by atoms with Crippen LogP contribution in [0.5, 0.6) is 0 Å². The Balaban J connectivity index is 1.74. The van der Waals surface area contributed by atoms with E-state index in [0.717, 1.165) is 25.9 Å². The molecule has 2 rings (SSSR count). The molecule has 0 amide bonds. The van der Waals surface area contributed by atoms with E-state index in [0.29, 0.717) is 5.92 Å². The first kappa shape index (κ1) is 11.8. The molecule has 3 N–H and O–H groups in total. The lowest BCUT2D eigenvalue weighted by Gasteiger charge is -2.10. The predicted molar refractivity (Wildman–Crippen MR) is 70.6 cm³/mol. The highest BCUT2D eigenvalue weighted by molar-refractivity contribution is 7.10. The monoisotopic (exact) mass is 236 g/mol. The van der Waals surface area contributed by atoms with E-state index in [1.165, 1.54) is 10.4 Å². The molecule has 0 bridgehead atoms. The van der Waals surface area contributed by atoms with Gasteiger partial charge in [-0.05, 0) is 35.8 Å². The Morgan fingerprint density at radius 3 is 3.06 bits per heavy atom. The molecule has 1 aromatic heterocycles. The van der Waals surface area contributed by atoms with Crippen molar-refractivity contribution in [1.82, 2.24) is 5.32 Å². The highest BCUT2D eigenvalue weighted by Crippen LogP contribution is 2.18. The second-order valence-corrected chi connectivity index (χ2v) is 5.40. The lowest BCUT2D eigenvalue weighted by atomic mass is 10.1. The van der Waals surface area contributed by atoms with Gasteiger partial charge in [0.25, 0.3) is 0 Å². The lowest BCUT2D eigenvalue weighted by molar-refractivity contribution is 0.529. The Bertz CT molecular complexity index is 357. The van der Waals surface area contributed by atoms with Gasteiger partial charge < -0.3 is 11.1 Å². The van der Waals surface area contributed by atoms with E-state index in [-0.39, 0.29) is 6.04 Å². The molecule has 2 unspecified atom stereocenters. The summed E-state index contributed by atoms with van der Waals surface area (Å²) in [5, 5.41) is 5.71. The van der Waals surface area contributed by atoms with Gasteiger partial charge in [-0.25, -0.2) is 0 Å². The molecular formula is C13H20N2S. The standard InChI is InChI=1S/C13H20N2S/c1-2-11-5-6-16-13(11)9-15-8-10-3-4-12(14)7-10/h3-6,10,12,15H,2,7-9,14H2,1H3. The maximum atomic E-state index is 5.82. The molecule has 2 nitrogen and oxygen atoms in total. The summed E-state index contributed by atoms with van der Waals surface area (Å²) in [5.74, 6) is 0.625. The minimum Gasteiger partial charge on any atom is -0.324 e. The zero-order chi connectivity index (χ0) is 11.4. The van der Waals surface area contributed by atoms with Crippen LogP contribution in [0.3, 0.4) is 0 Å². The summed E-state index contributed by atoms with van der Waals surface area (Å²) in [7, 11) is 0. The molecule has 1 heterocycles. The van der Waals surface area contributed by atoms with Crippen LogP contribution >= 0.6 is 11.3 Å². The van der Waals surface area contributed by atoms with Crippen LogP contribution in [0.15, 0.2) is 23.6 Å². The van der Waals surface area contributed by atoms with Crippen LogP contribution in [-0.2, 0) is 13.0 Å². The van der Waals surface area contributed by atoms with Crippen LogP contribution in [0, 0.1) is 5.92 Å². The van der Waals surface area contributed by atoms with Gasteiger partial charge in [-0.15, -0.1) is 11.3 Å². The summed E-state index contributed by atoms with van der Waals surface area (Å²) in [6.45, 7) is 4.26. The molecule has 88 valence electrons. The van der Waals surface area contributed by atoms with Crippen LogP contribution < -0.4 is 11.1 Å². The van der Waals surface area contributed by atoms with Crippen LogP contribution in [0.1, 0.15) is 23.8 Å². The fraction of sp³-hybridized carbons (Fsp3) is 0.538. The Hall–Kier alpha value is -0.640. The average Bonchev–Trinajstić information content (AvgIpc) is 2.87. The fourth-order valence-corrected chi connectivity index (χ4v) is 3.11. The van der Waals surface area contributed by atoms with E-state index >= 15 is 0 Å². The van der Waals surface area contributed by atoms with Crippen molar-refractivity contribution in [3.8, 4) is 0 Å². The highest BCUT2D eigenvalue weighted by atomic mass is 32.1. The third kappa shape index (κ3) is 2.94. The SMILES string of the molecule is CCc1ccsc1CNCC1C=CC(N)C1. The number of nitrogens with one attached hydrogen (secondary N) is 1. The minimum atomic E-state index is 0.278. The van der Waals surface area contributed by atoms with E-state index in [1.54, 1.807) is 0 Å². The third-order valence-corrected chi connectivity index (χ3v) is 4.08. The second-order valence-electron chi connectivity index (χ2n) is 4.40. The van der Waals surface area contributed by atoms with Crippen LogP contribution in [0.4, 0.5) is 0 Å². The van der Waals surface area contributed by atoms with Crippen molar-refractivity contribution >= 4 is 11.3 Å². The molecule has 1 aliphatic carbocycles. The molecular weight excluding hydrogens is 216 g/mol. The van der Waals surface area contributed by atoms with Gasteiger partial charge in [-0.2, -0.15) is 0 Å². The Kier molecular flexibility index (Phi) is 4.16. The first-order valence-corrected chi connectivity index (χ1v) is 6.87. The topological polar surface area (TPSA) is 38.0 Å². The average molecular weight is 236 g/mol. The maximum Gasteiger partial charge on any atom is 0.0302 e. The van der Waals surface area contributed by atoms with Crippen molar-refractivity contribution < 1.29 is 0 Å². The molecule has 1 aromatic rings. The fourth-order valence-electron chi connectivity index (χ4n) is 2.17. The maximum absolute atomic E-state index is 5.82. The Morgan fingerprint density at radius 1 is 1.50 bits per heavy atom. The molecule has 3 heteroatoms. The first-order valence-electron chi connectivity index (χ1n) is 5.99. The van der Waals surface area contributed by atoms with Gasteiger partial charge in [0.05, 0.1) is 0 Å². The second kappa shape index (κ2) is 5.62. The van der Waals surface area contributed by atoms with Crippen molar-refractivity contribution in [2.45, 2.75) is 32.4 Å². The smallest absolute Gasteiger partial charge is 0.0302 e. The number of hydrogen-bond acceptors (Lipinski definition) is 3. The normalized spacial score (nSPS) is 24.1. The van der Waals surface area contributed by atoms with Gasteiger partial charge in [-0.1, -0.05) is 19.1 Å². The molecule has 0 saturated carbocycles. The molecule has 0 aliphatic heterocycles. The summed E-state index contributed by atoms with van der Waals surface area (Å²) >= 11 is 1.85. The molecule has 0 spiro atoms. The van der Waals surface area contributed by atoms with Crippen LogP contribution in [0.25, 0.3) is 0 Å². The molecule has 2 atom stereocenters. The quantitative estimate of drug-likeness (QED) is 0.770. The van der Waals surface area contributed by atoms with Gasteiger partial charge in [0.2, 0.25) is 0 Å². The first-order chi connectivity index (χ1) is 7.79. The van der Waals surface area contributed by atoms with Crippen LogP contribution in [-0.4, -0.2) is 12.6 Å². The van der Waals surface area contributed by atoms with E-state index < -0.39 is 0 Å². The third-order valence-electron chi connectivity index (χ3n) is 3.12. The number of hydrogen-bond donors (Lipinski definition) is 2. The van der Waals surface area contributed by atoms with Gasteiger partial charge in [-0.3, -0.25) is 0 Å². The molecule has 0 fully saturated rings. The summed E-state index contributed by atoms with van der Waals surface area (Å²) < 4.78 is 0. The Morgan fingerprint density at radius 2 is 2.38 bits per heavy atom. The van der Waals surface area contributed by atoms with E-state index in [1.807, 2.05) is 11.3 Å². The molecule has 1 aliphatic rings. The minimum absolute atomic E-state index is 0.278. The molecule has 16 heavy (non-hydrogen) atoms. The summed E-state index contributed by atoms with van der Waals surface area (Å²) in [6, 6.07) is 2.51.